The molecule has 1 aromatic rings. The summed E-state index contributed by atoms with van der Waals surface area (Å²) in [5, 5.41) is 17.6. The van der Waals surface area contributed by atoms with Crippen molar-refractivity contribution in [2.75, 3.05) is 13.1 Å². The molecule has 1 rings (SSSR count). The van der Waals surface area contributed by atoms with Crippen LogP contribution >= 0.6 is 0 Å². The van der Waals surface area contributed by atoms with Crippen LogP contribution in [0.1, 0.15) is 36.5 Å². The molecular weight excluding hydrogens is 242 g/mol. The maximum atomic E-state index is 10.9. The van der Waals surface area contributed by atoms with E-state index in [1.165, 1.54) is 6.07 Å². The normalized spacial score (nSPS) is 10.7. The zero-order valence-corrected chi connectivity index (χ0v) is 11.3. The molecule has 0 saturated heterocycles. The minimum Gasteiger partial charge on any atom is -0.477 e. The van der Waals surface area contributed by atoms with Crippen LogP contribution in [0.15, 0.2) is 18.2 Å². The Labute approximate surface area is 113 Å². The van der Waals surface area contributed by atoms with E-state index in [1.54, 1.807) is 6.07 Å². The number of rotatable bonds is 7. The molecular formula is C14H19N3O2. The van der Waals surface area contributed by atoms with Crippen LogP contribution in [-0.4, -0.2) is 34.0 Å². The van der Waals surface area contributed by atoms with Crippen molar-refractivity contribution in [3.63, 3.8) is 0 Å². The Kier molecular flexibility index (Phi) is 5.97. The van der Waals surface area contributed by atoms with Crippen molar-refractivity contribution < 1.29 is 9.90 Å². The van der Waals surface area contributed by atoms with Crippen molar-refractivity contribution in [1.82, 2.24) is 9.88 Å². The zero-order chi connectivity index (χ0) is 14.3. The number of carboxylic acid groups (broad SMARTS) is 1. The highest BCUT2D eigenvalue weighted by Gasteiger charge is 2.11. The Morgan fingerprint density at radius 2 is 2.26 bits per heavy atom. The number of aromatic nitrogens is 1. The van der Waals surface area contributed by atoms with E-state index >= 15 is 0 Å². The minimum atomic E-state index is -1.02. The standard InChI is InChI=1S/C14H19N3O2/c1-11(2)9-17(8-4-7-15)10-12-5-3-6-13(16-12)14(18)19/h3,5-6,11H,4,8-10H2,1-2H3,(H,18,19). The monoisotopic (exact) mass is 261 g/mol. The summed E-state index contributed by atoms with van der Waals surface area (Å²) in [4.78, 5) is 17.1. The molecule has 0 saturated carbocycles. The smallest absolute Gasteiger partial charge is 0.354 e. The van der Waals surface area contributed by atoms with Crippen LogP contribution in [0.3, 0.4) is 0 Å². The average molecular weight is 261 g/mol. The third-order valence-electron chi connectivity index (χ3n) is 2.57. The van der Waals surface area contributed by atoms with Crippen LogP contribution in [0.25, 0.3) is 0 Å². The van der Waals surface area contributed by atoms with Gasteiger partial charge in [-0.15, -0.1) is 0 Å². The molecule has 5 heteroatoms. The second-order valence-electron chi connectivity index (χ2n) is 4.86. The first kappa shape index (κ1) is 15.1. The number of nitrogens with zero attached hydrogens (tertiary/aromatic N) is 3. The van der Waals surface area contributed by atoms with Crippen LogP contribution in [0.2, 0.25) is 0 Å². The van der Waals surface area contributed by atoms with Crippen molar-refractivity contribution in [3.05, 3.63) is 29.6 Å². The van der Waals surface area contributed by atoms with Gasteiger partial charge in [-0.1, -0.05) is 19.9 Å². The molecule has 0 aromatic carbocycles. The molecule has 1 N–H and O–H groups in total. The summed E-state index contributed by atoms with van der Waals surface area (Å²) in [6.45, 7) is 6.33. The lowest BCUT2D eigenvalue weighted by atomic mass is 10.2. The summed E-state index contributed by atoms with van der Waals surface area (Å²) in [6, 6.07) is 7.12. The highest BCUT2D eigenvalue weighted by molar-refractivity contribution is 5.85. The molecule has 102 valence electrons. The summed E-state index contributed by atoms with van der Waals surface area (Å²) < 4.78 is 0. The molecule has 0 fully saturated rings. The Balaban J connectivity index is 2.74. The highest BCUT2D eigenvalue weighted by Crippen LogP contribution is 2.07. The fraction of sp³-hybridized carbons (Fsp3) is 0.500. The van der Waals surface area contributed by atoms with Crippen LogP contribution < -0.4 is 0 Å². The minimum absolute atomic E-state index is 0.0577. The van der Waals surface area contributed by atoms with E-state index in [1.807, 2.05) is 6.07 Å². The molecule has 0 amide bonds. The lowest BCUT2D eigenvalue weighted by molar-refractivity contribution is 0.0690. The molecule has 0 bridgehead atoms. The van der Waals surface area contributed by atoms with E-state index in [4.69, 9.17) is 10.4 Å². The molecule has 1 aromatic heterocycles. The van der Waals surface area contributed by atoms with Crippen molar-refractivity contribution in [2.24, 2.45) is 5.92 Å². The topological polar surface area (TPSA) is 77.2 Å². The number of pyridine rings is 1. The summed E-state index contributed by atoms with van der Waals surface area (Å²) in [6.07, 6.45) is 0.464. The summed E-state index contributed by atoms with van der Waals surface area (Å²) >= 11 is 0. The molecule has 0 aliphatic heterocycles. The van der Waals surface area contributed by atoms with Gasteiger partial charge >= 0.3 is 5.97 Å². The molecule has 0 radical (unpaired) electrons. The predicted molar refractivity (Wildman–Crippen MR) is 71.5 cm³/mol. The number of nitriles is 1. The molecule has 5 nitrogen and oxygen atoms in total. The van der Waals surface area contributed by atoms with E-state index < -0.39 is 5.97 Å². The molecule has 0 aliphatic carbocycles. The average Bonchev–Trinajstić information content (AvgIpc) is 2.35. The van der Waals surface area contributed by atoms with Gasteiger partial charge in [-0.3, -0.25) is 4.90 Å². The van der Waals surface area contributed by atoms with E-state index in [9.17, 15) is 4.79 Å². The first-order chi connectivity index (χ1) is 9.02. The zero-order valence-electron chi connectivity index (χ0n) is 11.3. The Morgan fingerprint density at radius 3 is 2.84 bits per heavy atom. The van der Waals surface area contributed by atoms with Gasteiger partial charge in [-0.2, -0.15) is 5.26 Å². The van der Waals surface area contributed by atoms with Gasteiger partial charge in [-0.25, -0.2) is 9.78 Å². The number of carbonyl (C=O) groups is 1. The molecule has 0 atom stereocenters. The highest BCUT2D eigenvalue weighted by atomic mass is 16.4. The summed E-state index contributed by atoms with van der Waals surface area (Å²) in [7, 11) is 0. The van der Waals surface area contributed by atoms with Gasteiger partial charge < -0.3 is 5.11 Å². The van der Waals surface area contributed by atoms with Gasteiger partial charge in [0.2, 0.25) is 0 Å². The second kappa shape index (κ2) is 7.49. The lowest BCUT2D eigenvalue weighted by Crippen LogP contribution is -2.28. The molecule has 0 unspecified atom stereocenters. The number of carboxylic acids is 1. The number of hydrogen-bond acceptors (Lipinski definition) is 4. The summed E-state index contributed by atoms with van der Waals surface area (Å²) in [5.41, 5.74) is 0.778. The van der Waals surface area contributed by atoms with Gasteiger partial charge in [0.05, 0.1) is 11.8 Å². The molecule has 1 heterocycles. The SMILES string of the molecule is CC(C)CN(CCC#N)Cc1cccc(C(=O)O)n1. The maximum Gasteiger partial charge on any atom is 0.354 e. The lowest BCUT2D eigenvalue weighted by Gasteiger charge is -2.22. The van der Waals surface area contributed by atoms with Gasteiger partial charge in [-0.05, 0) is 18.1 Å². The van der Waals surface area contributed by atoms with Gasteiger partial charge in [0.15, 0.2) is 0 Å². The van der Waals surface area contributed by atoms with E-state index in [-0.39, 0.29) is 5.69 Å². The first-order valence-corrected chi connectivity index (χ1v) is 6.31. The number of aromatic carboxylic acids is 1. The number of hydrogen-bond donors (Lipinski definition) is 1. The van der Waals surface area contributed by atoms with Gasteiger partial charge in [0, 0.05) is 26.1 Å². The second-order valence-corrected chi connectivity index (χ2v) is 4.86. The predicted octanol–water partition coefficient (Wildman–Crippen LogP) is 2.15. The summed E-state index contributed by atoms with van der Waals surface area (Å²) in [5.74, 6) is -0.532. The van der Waals surface area contributed by atoms with Crippen LogP contribution in [0.5, 0.6) is 0 Å². The van der Waals surface area contributed by atoms with E-state index in [2.05, 4.69) is 29.8 Å². The third kappa shape index (κ3) is 5.49. The van der Waals surface area contributed by atoms with Crippen molar-refractivity contribution in [1.29, 1.82) is 5.26 Å². The quantitative estimate of drug-likeness (QED) is 0.813. The molecule has 0 aliphatic rings. The van der Waals surface area contributed by atoms with Gasteiger partial charge in [0.25, 0.3) is 0 Å². The van der Waals surface area contributed by atoms with Crippen molar-refractivity contribution in [2.45, 2.75) is 26.8 Å². The van der Waals surface area contributed by atoms with Crippen molar-refractivity contribution in [3.8, 4) is 6.07 Å². The fourth-order valence-corrected chi connectivity index (χ4v) is 1.88. The third-order valence-corrected chi connectivity index (χ3v) is 2.57. The van der Waals surface area contributed by atoms with Crippen LogP contribution in [0.4, 0.5) is 0 Å². The molecule has 19 heavy (non-hydrogen) atoms. The largest absolute Gasteiger partial charge is 0.477 e. The van der Waals surface area contributed by atoms with E-state index in [0.29, 0.717) is 25.4 Å². The van der Waals surface area contributed by atoms with Gasteiger partial charge in [0.1, 0.15) is 5.69 Å². The Morgan fingerprint density at radius 1 is 1.53 bits per heavy atom. The Bertz CT molecular complexity index is 466. The Hall–Kier alpha value is -1.93. The molecule has 0 spiro atoms. The van der Waals surface area contributed by atoms with Crippen LogP contribution in [0, 0.1) is 17.2 Å². The fourth-order valence-electron chi connectivity index (χ4n) is 1.88. The first-order valence-electron chi connectivity index (χ1n) is 6.31. The van der Waals surface area contributed by atoms with Crippen LogP contribution in [-0.2, 0) is 6.54 Å². The van der Waals surface area contributed by atoms with Crippen molar-refractivity contribution >= 4 is 5.97 Å². The maximum absolute atomic E-state index is 10.9. The van der Waals surface area contributed by atoms with E-state index in [0.717, 1.165) is 12.2 Å².